The molecule has 1 aliphatic heterocycles. The average molecular weight is 321 g/mol. The summed E-state index contributed by atoms with van der Waals surface area (Å²) in [7, 11) is 0. The summed E-state index contributed by atoms with van der Waals surface area (Å²) in [6.07, 6.45) is -9.49. The van der Waals surface area contributed by atoms with Gasteiger partial charge in [0, 0.05) is 0 Å². The Bertz CT molecular complexity index is 335. The number of ether oxygens (including phenoxy) is 1. The molecule has 0 amide bonds. The maximum Gasteiger partial charge on any atom is 0.402 e. The predicted molar refractivity (Wildman–Crippen MR) is 61.4 cm³/mol. The van der Waals surface area contributed by atoms with Crippen LogP contribution in [0.2, 0.25) is 0 Å². The molecule has 124 valence electrons. The molecule has 0 radical (unpaired) electrons. The van der Waals surface area contributed by atoms with Gasteiger partial charge in [0.05, 0.1) is 6.61 Å². The van der Waals surface area contributed by atoms with Crippen LogP contribution in [0.15, 0.2) is 0 Å². The highest BCUT2D eigenvalue weighted by atomic mass is 19.4. The number of alkyl halides is 6. The van der Waals surface area contributed by atoms with Crippen LogP contribution in [0.4, 0.5) is 26.3 Å². The van der Waals surface area contributed by atoms with Gasteiger partial charge in [0.15, 0.2) is 5.92 Å². The molecule has 0 saturated carbocycles. The van der Waals surface area contributed by atoms with Crippen LogP contribution in [-0.4, -0.2) is 49.0 Å². The number of halogens is 6. The fourth-order valence-corrected chi connectivity index (χ4v) is 2.46. The SMILES string of the molecule is CCOC(=O)C(C(C(F)(F)F)C(F)(F)F)N1CCCCC1. The first-order chi connectivity index (χ1) is 9.59. The third kappa shape index (κ3) is 4.76. The first-order valence-corrected chi connectivity index (χ1v) is 6.63. The van der Waals surface area contributed by atoms with E-state index in [1.54, 1.807) is 0 Å². The molecule has 0 aromatic rings. The van der Waals surface area contributed by atoms with E-state index in [-0.39, 0.29) is 19.7 Å². The number of esters is 1. The normalized spacial score (nSPS) is 19.6. The van der Waals surface area contributed by atoms with Crippen LogP contribution >= 0.6 is 0 Å². The average Bonchev–Trinajstić information content (AvgIpc) is 2.34. The van der Waals surface area contributed by atoms with E-state index in [9.17, 15) is 31.1 Å². The Labute approximate surface area is 118 Å². The molecule has 0 spiro atoms. The zero-order valence-corrected chi connectivity index (χ0v) is 11.4. The third-order valence-corrected chi connectivity index (χ3v) is 3.33. The smallest absolute Gasteiger partial charge is 0.402 e. The lowest BCUT2D eigenvalue weighted by Gasteiger charge is -2.38. The first kappa shape index (κ1) is 18.1. The van der Waals surface area contributed by atoms with E-state index >= 15 is 0 Å². The Morgan fingerprint density at radius 1 is 1.05 bits per heavy atom. The van der Waals surface area contributed by atoms with E-state index in [4.69, 9.17) is 0 Å². The van der Waals surface area contributed by atoms with E-state index in [1.165, 1.54) is 6.92 Å². The number of nitrogens with zero attached hydrogens (tertiary/aromatic N) is 1. The molecule has 0 N–H and O–H groups in total. The molecule has 0 aromatic heterocycles. The summed E-state index contributed by atoms with van der Waals surface area (Å²) in [4.78, 5) is 12.7. The molecule has 0 aliphatic carbocycles. The van der Waals surface area contributed by atoms with Crippen molar-refractivity contribution in [3.05, 3.63) is 0 Å². The van der Waals surface area contributed by atoms with Gasteiger partial charge in [-0.25, -0.2) is 0 Å². The van der Waals surface area contributed by atoms with E-state index in [0.717, 1.165) is 11.3 Å². The molecule has 1 aliphatic rings. The molecule has 3 nitrogen and oxygen atoms in total. The molecule has 9 heteroatoms. The van der Waals surface area contributed by atoms with Crippen LogP contribution in [0.3, 0.4) is 0 Å². The number of hydrogen-bond donors (Lipinski definition) is 0. The van der Waals surface area contributed by atoms with Crippen LogP contribution in [0.1, 0.15) is 26.2 Å². The van der Waals surface area contributed by atoms with Gasteiger partial charge >= 0.3 is 18.3 Å². The molecule has 0 bridgehead atoms. The summed E-state index contributed by atoms with van der Waals surface area (Å²) in [5.74, 6) is -5.21. The quantitative estimate of drug-likeness (QED) is 0.588. The monoisotopic (exact) mass is 321 g/mol. The Hall–Kier alpha value is -0.990. The lowest BCUT2D eigenvalue weighted by molar-refractivity contribution is -0.299. The van der Waals surface area contributed by atoms with E-state index < -0.39 is 30.3 Å². The third-order valence-electron chi connectivity index (χ3n) is 3.33. The molecule has 1 heterocycles. The van der Waals surface area contributed by atoms with Gasteiger partial charge in [0.25, 0.3) is 0 Å². The van der Waals surface area contributed by atoms with Crippen molar-refractivity contribution in [1.82, 2.24) is 4.90 Å². The van der Waals surface area contributed by atoms with Gasteiger partial charge in [-0.3, -0.25) is 9.69 Å². The Kier molecular flexibility index (Phi) is 5.89. The van der Waals surface area contributed by atoms with Gasteiger partial charge in [-0.15, -0.1) is 0 Å². The molecule has 21 heavy (non-hydrogen) atoms. The Balaban J connectivity index is 3.14. The van der Waals surface area contributed by atoms with Crippen molar-refractivity contribution in [1.29, 1.82) is 0 Å². The molecule has 1 unspecified atom stereocenters. The second-order valence-corrected chi connectivity index (χ2v) is 4.85. The molecule has 1 rings (SSSR count). The minimum absolute atomic E-state index is 0.0200. The van der Waals surface area contributed by atoms with Gasteiger partial charge in [0.2, 0.25) is 0 Å². The zero-order chi connectivity index (χ0) is 16.3. The van der Waals surface area contributed by atoms with Crippen molar-refractivity contribution < 1.29 is 35.9 Å². The lowest BCUT2D eigenvalue weighted by atomic mass is 9.94. The summed E-state index contributed by atoms with van der Waals surface area (Å²) >= 11 is 0. The lowest BCUT2D eigenvalue weighted by Crippen LogP contribution is -2.57. The zero-order valence-electron chi connectivity index (χ0n) is 11.4. The van der Waals surface area contributed by atoms with Crippen LogP contribution in [0, 0.1) is 5.92 Å². The van der Waals surface area contributed by atoms with Gasteiger partial charge in [-0.2, -0.15) is 26.3 Å². The topological polar surface area (TPSA) is 29.5 Å². The van der Waals surface area contributed by atoms with Gasteiger partial charge in [-0.05, 0) is 32.9 Å². The maximum absolute atomic E-state index is 12.9. The molecule has 1 atom stereocenters. The highest BCUT2D eigenvalue weighted by Crippen LogP contribution is 2.43. The van der Waals surface area contributed by atoms with Crippen molar-refractivity contribution in [2.45, 2.75) is 44.6 Å². The summed E-state index contributed by atoms with van der Waals surface area (Å²) < 4.78 is 81.7. The van der Waals surface area contributed by atoms with Crippen LogP contribution < -0.4 is 0 Å². The second-order valence-electron chi connectivity index (χ2n) is 4.85. The van der Waals surface area contributed by atoms with Crippen molar-refractivity contribution in [2.24, 2.45) is 5.92 Å². The fourth-order valence-electron chi connectivity index (χ4n) is 2.46. The van der Waals surface area contributed by atoms with Crippen LogP contribution in [0.25, 0.3) is 0 Å². The van der Waals surface area contributed by atoms with Crippen molar-refractivity contribution >= 4 is 5.97 Å². The molecule has 0 aromatic carbocycles. The summed E-state index contributed by atoms with van der Waals surface area (Å²) in [6.45, 7) is 1.10. The van der Waals surface area contributed by atoms with Gasteiger partial charge in [-0.1, -0.05) is 6.42 Å². The summed E-state index contributed by atoms with van der Waals surface area (Å²) in [5, 5.41) is 0. The predicted octanol–water partition coefficient (Wildman–Crippen LogP) is 3.14. The fraction of sp³-hybridized carbons (Fsp3) is 0.917. The molecule has 1 fully saturated rings. The number of carbonyl (C=O) groups is 1. The Morgan fingerprint density at radius 3 is 1.90 bits per heavy atom. The molecular formula is C12H17F6NO2. The van der Waals surface area contributed by atoms with Crippen LogP contribution in [-0.2, 0) is 9.53 Å². The standard InChI is InChI=1S/C12H17F6NO2/c1-2-21-10(20)8(19-6-4-3-5-7-19)9(11(13,14)15)12(16,17)18/h8-9H,2-7H2,1H3. The summed E-state index contributed by atoms with van der Waals surface area (Å²) in [5.41, 5.74) is 0. The molecular weight excluding hydrogens is 304 g/mol. The molecule has 1 saturated heterocycles. The number of likely N-dealkylation sites (tertiary alicyclic amines) is 1. The maximum atomic E-state index is 12.9. The van der Waals surface area contributed by atoms with Crippen molar-refractivity contribution in [2.75, 3.05) is 19.7 Å². The second kappa shape index (κ2) is 6.85. The van der Waals surface area contributed by atoms with Gasteiger partial charge < -0.3 is 4.74 Å². The number of carbonyl (C=O) groups excluding carboxylic acids is 1. The number of piperidine rings is 1. The number of rotatable bonds is 4. The largest absolute Gasteiger partial charge is 0.465 e. The summed E-state index contributed by atoms with van der Waals surface area (Å²) in [6, 6.07) is -2.37. The van der Waals surface area contributed by atoms with E-state index in [2.05, 4.69) is 4.74 Å². The first-order valence-electron chi connectivity index (χ1n) is 6.63. The minimum Gasteiger partial charge on any atom is -0.465 e. The number of hydrogen-bond acceptors (Lipinski definition) is 3. The highest BCUT2D eigenvalue weighted by molar-refractivity contribution is 5.76. The van der Waals surface area contributed by atoms with Crippen molar-refractivity contribution in [3.8, 4) is 0 Å². The van der Waals surface area contributed by atoms with Crippen LogP contribution in [0.5, 0.6) is 0 Å². The highest BCUT2D eigenvalue weighted by Gasteiger charge is 2.63. The van der Waals surface area contributed by atoms with Gasteiger partial charge in [0.1, 0.15) is 6.04 Å². The van der Waals surface area contributed by atoms with E-state index in [1.807, 2.05) is 0 Å². The van der Waals surface area contributed by atoms with Crippen molar-refractivity contribution in [3.63, 3.8) is 0 Å². The minimum atomic E-state index is -5.56. The van der Waals surface area contributed by atoms with E-state index in [0.29, 0.717) is 12.8 Å². The Morgan fingerprint density at radius 2 is 1.52 bits per heavy atom.